The summed E-state index contributed by atoms with van der Waals surface area (Å²) in [7, 11) is 3.97. The van der Waals surface area contributed by atoms with E-state index in [1.807, 2.05) is 0 Å². The molecule has 0 aromatic heterocycles. The number of likely N-dealkylation sites (N-methyl/N-ethyl adjacent to an activating group) is 1. The van der Waals surface area contributed by atoms with Crippen LogP contribution in [-0.2, 0) is 9.53 Å². The lowest BCUT2D eigenvalue weighted by Gasteiger charge is -2.43. The molecule has 2 atom stereocenters. The van der Waals surface area contributed by atoms with Crippen molar-refractivity contribution in [2.24, 2.45) is 5.92 Å². The maximum absolute atomic E-state index is 11.8. The Hall–Kier alpha value is -1.38. The smallest absolute Gasteiger partial charge is 0.411 e. The van der Waals surface area contributed by atoms with E-state index in [0.29, 0.717) is 19.1 Å². The van der Waals surface area contributed by atoms with E-state index in [1.165, 1.54) is 38.8 Å². The number of carboxylic acids is 1. The molecule has 0 aromatic carbocycles. The number of cyclic esters (lactones) is 1. The van der Waals surface area contributed by atoms with Crippen molar-refractivity contribution >= 4 is 12.1 Å². The van der Waals surface area contributed by atoms with Crippen LogP contribution >= 0.6 is 0 Å². The zero-order chi connectivity index (χ0) is 20.1. The monoisotopic (exact) mass is 396 g/mol. The van der Waals surface area contributed by atoms with Gasteiger partial charge in [-0.25, -0.2) is 4.79 Å². The van der Waals surface area contributed by atoms with Gasteiger partial charge in [0.25, 0.3) is 0 Å². The predicted molar refractivity (Wildman–Crippen MR) is 106 cm³/mol. The van der Waals surface area contributed by atoms with Crippen molar-refractivity contribution in [3.05, 3.63) is 0 Å². The lowest BCUT2D eigenvalue weighted by atomic mass is 9.90. The molecule has 3 saturated heterocycles. The summed E-state index contributed by atoms with van der Waals surface area (Å²) in [6, 6.07) is 0.318. The van der Waals surface area contributed by atoms with Crippen LogP contribution in [0.4, 0.5) is 4.79 Å². The molecule has 3 aliphatic heterocycles. The normalized spacial score (nSPS) is 28.6. The molecule has 0 saturated carbocycles. The second-order valence-electron chi connectivity index (χ2n) is 8.73. The number of carbonyl (C=O) groups excluding carboxylic acids is 1. The molecule has 8 nitrogen and oxygen atoms in total. The first-order chi connectivity index (χ1) is 13.4. The number of nitrogens with zero attached hydrogens (tertiary/aromatic N) is 4. The fraction of sp³-hybridized carbons (Fsp3) is 0.900. The molecule has 3 aliphatic rings. The quantitative estimate of drug-likeness (QED) is 0.664. The van der Waals surface area contributed by atoms with Crippen molar-refractivity contribution in [2.75, 3.05) is 59.9 Å². The lowest BCUT2D eigenvalue weighted by Crippen LogP contribution is -2.57. The molecule has 160 valence electrons. The fourth-order valence-electron chi connectivity index (χ4n) is 4.74. The molecule has 3 heterocycles. The number of hydrogen-bond donors (Lipinski definition) is 1. The Kier molecular flexibility index (Phi) is 7.54. The van der Waals surface area contributed by atoms with Gasteiger partial charge in [-0.2, -0.15) is 0 Å². The van der Waals surface area contributed by atoms with Gasteiger partial charge in [-0.3, -0.25) is 14.6 Å². The predicted octanol–water partition coefficient (Wildman–Crippen LogP) is 1.37. The zero-order valence-corrected chi connectivity index (χ0v) is 17.4. The Morgan fingerprint density at radius 2 is 1.86 bits per heavy atom. The number of carbonyl (C=O) groups is 2. The molecule has 3 rings (SSSR count). The van der Waals surface area contributed by atoms with Gasteiger partial charge in [-0.15, -0.1) is 0 Å². The summed E-state index contributed by atoms with van der Waals surface area (Å²) in [4.78, 5) is 31.4. The van der Waals surface area contributed by atoms with E-state index in [1.54, 1.807) is 11.9 Å². The third-order valence-electron chi connectivity index (χ3n) is 6.59. The van der Waals surface area contributed by atoms with E-state index in [0.717, 1.165) is 32.0 Å². The molecule has 2 unspecified atom stereocenters. The second-order valence-corrected chi connectivity index (χ2v) is 8.73. The van der Waals surface area contributed by atoms with Crippen LogP contribution in [0.3, 0.4) is 0 Å². The molecule has 0 radical (unpaired) electrons. The minimum absolute atomic E-state index is 0.174. The molecular formula is C20H36N4O4. The number of rotatable bonds is 8. The summed E-state index contributed by atoms with van der Waals surface area (Å²) in [6.45, 7) is 6.12. The Labute approximate surface area is 168 Å². The van der Waals surface area contributed by atoms with E-state index >= 15 is 0 Å². The highest BCUT2D eigenvalue weighted by molar-refractivity contribution is 5.69. The van der Waals surface area contributed by atoms with Gasteiger partial charge in [0, 0.05) is 39.3 Å². The first-order valence-corrected chi connectivity index (χ1v) is 10.7. The van der Waals surface area contributed by atoms with Crippen molar-refractivity contribution in [3.8, 4) is 0 Å². The van der Waals surface area contributed by atoms with E-state index in [4.69, 9.17) is 9.84 Å². The molecule has 3 fully saturated rings. The molecular weight excluding hydrogens is 360 g/mol. The number of ether oxygens (including phenoxy) is 1. The van der Waals surface area contributed by atoms with Crippen LogP contribution in [0.2, 0.25) is 0 Å². The molecule has 28 heavy (non-hydrogen) atoms. The largest absolute Gasteiger partial charge is 0.481 e. The van der Waals surface area contributed by atoms with E-state index in [9.17, 15) is 9.59 Å². The first-order valence-electron chi connectivity index (χ1n) is 10.7. The third kappa shape index (κ3) is 5.81. The van der Waals surface area contributed by atoms with Crippen LogP contribution in [0.1, 0.15) is 38.5 Å². The molecule has 0 spiro atoms. The fourth-order valence-corrected chi connectivity index (χ4v) is 4.74. The van der Waals surface area contributed by atoms with Crippen molar-refractivity contribution < 1.29 is 19.4 Å². The van der Waals surface area contributed by atoms with Crippen molar-refractivity contribution in [3.63, 3.8) is 0 Å². The molecule has 1 N–H and O–H groups in total. The highest BCUT2D eigenvalue weighted by Gasteiger charge is 2.39. The van der Waals surface area contributed by atoms with Gasteiger partial charge in [0.2, 0.25) is 0 Å². The third-order valence-corrected chi connectivity index (χ3v) is 6.59. The number of amides is 1. The van der Waals surface area contributed by atoms with Crippen LogP contribution in [-0.4, -0.2) is 109 Å². The Morgan fingerprint density at radius 1 is 1.11 bits per heavy atom. The van der Waals surface area contributed by atoms with Gasteiger partial charge in [-0.05, 0) is 45.3 Å². The standard InChI is InChI=1S/C20H36N4O4/c1-21-9-6-16(7-10-21)4-3-5-17-14-23(11-8-19(25)26)12-13-24(17)18-15-22(2)20(27)28-18/h16-18H,3-15H2,1-2H3,(H,25,26). The summed E-state index contributed by atoms with van der Waals surface area (Å²) in [5.41, 5.74) is 0. The molecule has 0 aromatic rings. The number of hydrogen-bond acceptors (Lipinski definition) is 6. The van der Waals surface area contributed by atoms with Gasteiger partial charge in [0.05, 0.1) is 13.0 Å². The van der Waals surface area contributed by atoms with Crippen LogP contribution in [0.15, 0.2) is 0 Å². The van der Waals surface area contributed by atoms with E-state index < -0.39 is 5.97 Å². The van der Waals surface area contributed by atoms with Gasteiger partial charge in [0.15, 0.2) is 6.23 Å². The molecule has 0 bridgehead atoms. The van der Waals surface area contributed by atoms with Crippen molar-refractivity contribution in [2.45, 2.75) is 50.8 Å². The van der Waals surface area contributed by atoms with Gasteiger partial charge < -0.3 is 19.6 Å². The Balaban J connectivity index is 1.52. The zero-order valence-electron chi connectivity index (χ0n) is 17.4. The number of piperidine rings is 1. The van der Waals surface area contributed by atoms with E-state index in [-0.39, 0.29) is 18.7 Å². The van der Waals surface area contributed by atoms with Crippen LogP contribution in [0, 0.1) is 5.92 Å². The number of likely N-dealkylation sites (tertiary alicyclic amines) is 1. The van der Waals surface area contributed by atoms with Crippen molar-refractivity contribution in [1.29, 1.82) is 0 Å². The average molecular weight is 397 g/mol. The maximum Gasteiger partial charge on any atom is 0.411 e. The first kappa shape index (κ1) is 21.3. The summed E-state index contributed by atoms with van der Waals surface area (Å²) in [5.74, 6) is 0.0828. The number of aliphatic carboxylic acids is 1. The molecule has 1 amide bonds. The highest BCUT2D eigenvalue weighted by atomic mass is 16.6. The second kappa shape index (κ2) is 9.89. The summed E-state index contributed by atoms with van der Waals surface area (Å²) < 4.78 is 5.58. The van der Waals surface area contributed by atoms with E-state index in [2.05, 4.69) is 21.7 Å². The lowest BCUT2D eigenvalue weighted by molar-refractivity contribution is -0.137. The van der Waals surface area contributed by atoms with Crippen molar-refractivity contribution in [1.82, 2.24) is 19.6 Å². The minimum Gasteiger partial charge on any atom is -0.481 e. The topological polar surface area (TPSA) is 76.6 Å². The molecule has 8 heteroatoms. The van der Waals surface area contributed by atoms with Crippen LogP contribution in [0.5, 0.6) is 0 Å². The maximum atomic E-state index is 11.8. The summed E-state index contributed by atoms with van der Waals surface area (Å²) in [5, 5.41) is 8.99. The Morgan fingerprint density at radius 3 is 2.50 bits per heavy atom. The molecule has 0 aliphatic carbocycles. The SMILES string of the molecule is CN1CCC(CCCC2CN(CCC(=O)O)CCN2C2CN(C)C(=O)O2)CC1. The van der Waals surface area contributed by atoms with Crippen LogP contribution in [0.25, 0.3) is 0 Å². The van der Waals surface area contributed by atoms with Gasteiger partial charge in [0.1, 0.15) is 0 Å². The Bertz CT molecular complexity index is 538. The van der Waals surface area contributed by atoms with Gasteiger partial charge >= 0.3 is 12.1 Å². The van der Waals surface area contributed by atoms with Crippen LogP contribution < -0.4 is 0 Å². The highest BCUT2D eigenvalue weighted by Crippen LogP contribution is 2.26. The van der Waals surface area contributed by atoms with Gasteiger partial charge in [-0.1, -0.05) is 12.8 Å². The summed E-state index contributed by atoms with van der Waals surface area (Å²) in [6.07, 6.45) is 5.87. The summed E-state index contributed by atoms with van der Waals surface area (Å²) >= 11 is 0. The number of piperazine rings is 1. The average Bonchev–Trinajstić information content (AvgIpc) is 3.00. The minimum atomic E-state index is -0.743. The number of carboxylic acid groups (broad SMARTS) is 1.